The minimum Gasteiger partial charge on any atom is -0.361 e. The van der Waals surface area contributed by atoms with E-state index in [4.69, 9.17) is 4.52 Å². The van der Waals surface area contributed by atoms with E-state index in [2.05, 4.69) is 15.0 Å². The highest BCUT2D eigenvalue weighted by Crippen LogP contribution is 2.32. The summed E-state index contributed by atoms with van der Waals surface area (Å²) in [5, 5.41) is 4.38. The third-order valence-electron chi connectivity index (χ3n) is 5.95. The van der Waals surface area contributed by atoms with E-state index in [9.17, 15) is 4.79 Å². The lowest BCUT2D eigenvalue weighted by molar-refractivity contribution is -0.130. The standard InChI is InChI=1S/C18H27N3O2/c1-13(22)21-11-5-8-17(21)16-7-4-10-20(16)12-15-14-6-2-3-9-18(14)23-19-15/h16-17H,2-12H2,1H3/t16-,17-/m0/s1. The van der Waals surface area contributed by atoms with Gasteiger partial charge in [-0.3, -0.25) is 9.69 Å². The number of carbonyl (C=O) groups excluding carboxylic acids is 1. The van der Waals surface area contributed by atoms with E-state index in [1.807, 2.05) is 0 Å². The van der Waals surface area contributed by atoms with E-state index in [1.165, 1.54) is 31.2 Å². The van der Waals surface area contributed by atoms with Crippen molar-refractivity contribution in [1.29, 1.82) is 0 Å². The first-order valence-corrected chi connectivity index (χ1v) is 9.21. The molecule has 4 rings (SSSR count). The van der Waals surface area contributed by atoms with E-state index >= 15 is 0 Å². The van der Waals surface area contributed by atoms with Crippen molar-refractivity contribution < 1.29 is 9.32 Å². The molecule has 3 heterocycles. The Morgan fingerprint density at radius 1 is 1.13 bits per heavy atom. The summed E-state index contributed by atoms with van der Waals surface area (Å²) in [6.07, 6.45) is 9.38. The maximum absolute atomic E-state index is 11.9. The number of carbonyl (C=O) groups is 1. The van der Waals surface area contributed by atoms with E-state index < -0.39 is 0 Å². The molecule has 0 saturated carbocycles. The number of hydrogen-bond donors (Lipinski definition) is 0. The molecule has 2 atom stereocenters. The SMILES string of the molecule is CC(=O)N1CCC[C@H]1[C@@H]1CCCN1Cc1noc2c1CCCC2. The van der Waals surface area contributed by atoms with Gasteiger partial charge in [-0.2, -0.15) is 0 Å². The number of nitrogens with zero attached hydrogens (tertiary/aromatic N) is 3. The van der Waals surface area contributed by atoms with Crippen molar-refractivity contribution in [1.82, 2.24) is 15.0 Å². The molecule has 2 aliphatic heterocycles. The van der Waals surface area contributed by atoms with E-state index in [0.29, 0.717) is 12.1 Å². The van der Waals surface area contributed by atoms with Gasteiger partial charge in [0, 0.05) is 44.1 Å². The molecule has 2 saturated heterocycles. The van der Waals surface area contributed by atoms with Crippen molar-refractivity contribution >= 4 is 5.91 Å². The van der Waals surface area contributed by atoms with E-state index in [1.54, 1.807) is 6.92 Å². The van der Waals surface area contributed by atoms with Gasteiger partial charge in [0.15, 0.2) is 0 Å². The minimum atomic E-state index is 0.234. The maximum Gasteiger partial charge on any atom is 0.219 e. The first-order chi connectivity index (χ1) is 11.2. The number of likely N-dealkylation sites (tertiary alicyclic amines) is 2. The summed E-state index contributed by atoms with van der Waals surface area (Å²) in [6.45, 7) is 4.66. The summed E-state index contributed by atoms with van der Waals surface area (Å²) in [5.41, 5.74) is 2.52. The van der Waals surface area contributed by atoms with Gasteiger partial charge in [-0.1, -0.05) is 5.16 Å². The zero-order chi connectivity index (χ0) is 15.8. The third-order valence-corrected chi connectivity index (χ3v) is 5.95. The van der Waals surface area contributed by atoms with Crippen LogP contribution in [-0.4, -0.2) is 46.0 Å². The fraction of sp³-hybridized carbons (Fsp3) is 0.778. The van der Waals surface area contributed by atoms with Crippen LogP contribution in [0.2, 0.25) is 0 Å². The Bertz CT molecular complexity index is 583. The maximum atomic E-state index is 11.9. The van der Waals surface area contributed by atoms with Crippen molar-refractivity contribution in [3.05, 3.63) is 17.0 Å². The Morgan fingerprint density at radius 2 is 1.91 bits per heavy atom. The van der Waals surface area contributed by atoms with Crippen molar-refractivity contribution in [2.24, 2.45) is 0 Å². The molecule has 0 aromatic carbocycles. The van der Waals surface area contributed by atoms with Gasteiger partial charge in [0.1, 0.15) is 11.5 Å². The number of aromatic nitrogens is 1. The molecule has 0 unspecified atom stereocenters. The molecule has 3 aliphatic rings. The Kier molecular flexibility index (Phi) is 4.14. The molecule has 2 fully saturated rings. The summed E-state index contributed by atoms with van der Waals surface area (Å²) < 4.78 is 5.58. The monoisotopic (exact) mass is 317 g/mol. The molecular weight excluding hydrogens is 290 g/mol. The van der Waals surface area contributed by atoms with Gasteiger partial charge in [0.25, 0.3) is 0 Å². The van der Waals surface area contributed by atoms with Crippen LogP contribution in [0.15, 0.2) is 4.52 Å². The molecule has 1 aromatic heterocycles. The molecule has 0 radical (unpaired) electrons. The van der Waals surface area contributed by atoms with Crippen LogP contribution < -0.4 is 0 Å². The summed E-state index contributed by atoms with van der Waals surface area (Å²) in [7, 11) is 0. The molecule has 5 nitrogen and oxygen atoms in total. The molecule has 1 aromatic rings. The van der Waals surface area contributed by atoms with Crippen LogP contribution >= 0.6 is 0 Å². The summed E-state index contributed by atoms with van der Waals surface area (Å²) in [5.74, 6) is 1.35. The summed E-state index contributed by atoms with van der Waals surface area (Å²) in [6, 6.07) is 0.898. The second-order valence-electron chi connectivity index (χ2n) is 7.34. The highest BCUT2D eigenvalue weighted by molar-refractivity contribution is 5.74. The molecule has 23 heavy (non-hydrogen) atoms. The van der Waals surface area contributed by atoms with Crippen LogP contribution in [0, 0.1) is 0 Å². The van der Waals surface area contributed by atoms with Crippen LogP contribution in [-0.2, 0) is 24.2 Å². The smallest absolute Gasteiger partial charge is 0.219 e. The second-order valence-corrected chi connectivity index (χ2v) is 7.34. The van der Waals surface area contributed by atoms with E-state index in [0.717, 1.165) is 56.8 Å². The Hall–Kier alpha value is -1.36. The van der Waals surface area contributed by atoms with Gasteiger partial charge in [-0.05, 0) is 51.5 Å². The van der Waals surface area contributed by atoms with Crippen LogP contribution in [0.4, 0.5) is 0 Å². The van der Waals surface area contributed by atoms with Gasteiger partial charge in [0.05, 0.1) is 0 Å². The molecule has 1 amide bonds. The van der Waals surface area contributed by atoms with Crippen LogP contribution in [0.1, 0.15) is 62.5 Å². The van der Waals surface area contributed by atoms with Gasteiger partial charge in [0.2, 0.25) is 5.91 Å². The molecule has 5 heteroatoms. The summed E-state index contributed by atoms with van der Waals surface area (Å²) >= 11 is 0. The largest absolute Gasteiger partial charge is 0.361 e. The van der Waals surface area contributed by atoms with Gasteiger partial charge < -0.3 is 9.42 Å². The third kappa shape index (κ3) is 2.80. The van der Waals surface area contributed by atoms with Crippen molar-refractivity contribution in [3.8, 4) is 0 Å². The lowest BCUT2D eigenvalue weighted by Crippen LogP contribution is -2.47. The lowest BCUT2D eigenvalue weighted by Gasteiger charge is -2.34. The average Bonchev–Trinajstić information content (AvgIpc) is 3.26. The average molecular weight is 317 g/mol. The number of rotatable bonds is 3. The number of fused-ring (bicyclic) bond motifs is 1. The lowest BCUT2D eigenvalue weighted by atomic mass is 9.96. The van der Waals surface area contributed by atoms with Crippen molar-refractivity contribution in [2.45, 2.75) is 76.9 Å². The molecule has 0 N–H and O–H groups in total. The van der Waals surface area contributed by atoms with Crippen molar-refractivity contribution in [3.63, 3.8) is 0 Å². The number of amides is 1. The number of aryl methyl sites for hydroxylation is 1. The predicted octanol–water partition coefficient (Wildman–Crippen LogP) is 2.53. The molecule has 0 spiro atoms. The Morgan fingerprint density at radius 3 is 2.78 bits per heavy atom. The van der Waals surface area contributed by atoms with Crippen LogP contribution in [0.25, 0.3) is 0 Å². The highest BCUT2D eigenvalue weighted by atomic mass is 16.5. The first-order valence-electron chi connectivity index (χ1n) is 9.21. The van der Waals surface area contributed by atoms with Crippen molar-refractivity contribution in [2.75, 3.05) is 13.1 Å². The quantitative estimate of drug-likeness (QED) is 0.859. The normalized spacial score (nSPS) is 28.3. The molecule has 0 bridgehead atoms. The zero-order valence-electron chi connectivity index (χ0n) is 14.1. The first kappa shape index (κ1) is 15.2. The fourth-order valence-corrected chi connectivity index (χ4v) is 4.83. The molecule has 1 aliphatic carbocycles. The topological polar surface area (TPSA) is 49.6 Å². The molecule has 126 valence electrons. The fourth-order valence-electron chi connectivity index (χ4n) is 4.83. The Labute approximate surface area is 138 Å². The van der Waals surface area contributed by atoms with Gasteiger partial charge in [-0.15, -0.1) is 0 Å². The van der Waals surface area contributed by atoms with Gasteiger partial charge >= 0.3 is 0 Å². The zero-order valence-corrected chi connectivity index (χ0v) is 14.1. The number of hydrogen-bond acceptors (Lipinski definition) is 4. The van der Waals surface area contributed by atoms with Crippen LogP contribution in [0.5, 0.6) is 0 Å². The second kappa shape index (κ2) is 6.27. The van der Waals surface area contributed by atoms with Crippen LogP contribution in [0.3, 0.4) is 0 Å². The summed E-state index contributed by atoms with van der Waals surface area (Å²) in [4.78, 5) is 16.6. The highest BCUT2D eigenvalue weighted by Gasteiger charge is 2.39. The predicted molar refractivity (Wildman–Crippen MR) is 87.0 cm³/mol. The molecular formula is C18H27N3O2. The minimum absolute atomic E-state index is 0.234. The Balaban J connectivity index is 1.50. The van der Waals surface area contributed by atoms with Gasteiger partial charge in [-0.25, -0.2) is 0 Å². The van der Waals surface area contributed by atoms with E-state index in [-0.39, 0.29) is 5.91 Å².